The Balaban J connectivity index is 1.67. The van der Waals surface area contributed by atoms with Crippen LogP contribution in [-0.2, 0) is 16.1 Å². The van der Waals surface area contributed by atoms with Crippen LogP contribution < -0.4 is 5.32 Å². The Morgan fingerprint density at radius 1 is 1.25 bits per heavy atom. The van der Waals surface area contributed by atoms with Crippen LogP contribution in [0.15, 0.2) is 24.3 Å². The third-order valence-electron chi connectivity index (χ3n) is 5.69. The normalized spacial score (nSPS) is 16.2. The second-order valence-electron chi connectivity index (χ2n) is 8.48. The number of aryl methyl sites for hydroxylation is 1. The van der Waals surface area contributed by atoms with Crippen molar-refractivity contribution < 1.29 is 23.5 Å². The van der Waals surface area contributed by atoms with E-state index < -0.39 is 5.97 Å². The maximum atomic E-state index is 13.8. The Hall–Kier alpha value is -3.16. The van der Waals surface area contributed by atoms with Gasteiger partial charge in [-0.25, -0.2) is 9.18 Å². The second-order valence-corrected chi connectivity index (χ2v) is 8.48. The Kier molecular flexibility index (Phi) is 7.33. The van der Waals surface area contributed by atoms with E-state index in [1.165, 1.54) is 6.07 Å². The fraction of sp³-hybridized carbons (Fsp3) is 0.458. The average Bonchev–Trinajstić information content (AvgIpc) is 3.06. The quantitative estimate of drug-likeness (QED) is 0.669. The molecule has 172 valence electrons. The van der Waals surface area contributed by atoms with E-state index in [4.69, 9.17) is 4.74 Å². The van der Waals surface area contributed by atoms with Gasteiger partial charge >= 0.3 is 5.97 Å². The third kappa shape index (κ3) is 5.18. The molecule has 1 aliphatic heterocycles. The highest BCUT2D eigenvalue weighted by atomic mass is 19.1. The van der Waals surface area contributed by atoms with E-state index in [1.54, 1.807) is 50.8 Å². The number of ether oxygens (including phenoxy) is 1. The molecule has 0 saturated carbocycles. The predicted molar refractivity (Wildman–Crippen MR) is 118 cm³/mol. The molecule has 0 radical (unpaired) electrons. The van der Waals surface area contributed by atoms with Crippen LogP contribution in [0.4, 0.5) is 4.39 Å². The van der Waals surface area contributed by atoms with E-state index >= 15 is 0 Å². The van der Waals surface area contributed by atoms with Crippen molar-refractivity contribution in [3.8, 4) is 0 Å². The Morgan fingerprint density at radius 2 is 1.97 bits per heavy atom. The molecule has 0 unspecified atom stereocenters. The monoisotopic (exact) mass is 443 g/mol. The van der Waals surface area contributed by atoms with Crippen molar-refractivity contribution >= 4 is 17.8 Å². The molecule has 2 heterocycles. The number of hydrogen-bond acceptors (Lipinski definition) is 4. The Bertz CT molecular complexity index is 1010. The maximum absolute atomic E-state index is 13.8. The van der Waals surface area contributed by atoms with Gasteiger partial charge in [0.05, 0.1) is 17.6 Å². The summed E-state index contributed by atoms with van der Waals surface area (Å²) in [5.41, 5.74) is 2.25. The van der Waals surface area contributed by atoms with E-state index in [2.05, 4.69) is 10.3 Å². The molecule has 2 aromatic rings. The van der Waals surface area contributed by atoms with Crippen LogP contribution in [0.3, 0.4) is 0 Å². The Morgan fingerprint density at radius 3 is 2.66 bits per heavy atom. The zero-order valence-corrected chi connectivity index (χ0v) is 19.0. The summed E-state index contributed by atoms with van der Waals surface area (Å²) in [6, 6.07) is 6.31. The van der Waals surface area contributed by atoms with Crippen molar-refractivity contribution in [2.75, 3.05) is 13.1 Å². The number of halogens is 1. The summed E-state index contributed by atoms with van der Waals surface area (Å²) in [4.78, 5) is 42.9. The number of carbonyl (C=O) groups is 3. The summed E-state index contributed by atoms with van der Waals surface area (Å²) < 4.78 is 19.1. The number of esters is 1. The number of rotatable bonds is 6. The van der Waals surface area contributed by atoms with Crippen LogP contribution in [0.25, 0.3) is 0 Å². The van der Waals surface area contributed by atoms with Gasteiger partial charge < -0.3 is 19.9 Å². The van der Waals surface area contributed by atoms with Crippen LogP contribution in [0.1, 0.15) is 64.4 Å². The summed E-state index contributed by atoms with van der Waals surface area (Å²) in [5, 5.41) is 2.78. The predicted octanol–water partition coefficient (Wildman–Crippen LogP) is 3.50. The number of piperidine rings is 1. The number of aromatic amines is 1. The lowest BCUT2D eigenvalue weighted by molar-refractivity contribution is -0.126. The van der Waals surface area contributed by atoms with Crippen LogP contribution in [0.5, 0.6) is 0 Å². The van der Waals surface area contributed by atoms with E-state index in [9.17, 15) is 18.8 Å². The summed E-state index contributed by atoms with van der Waals surface area (Å²) >= 11 is 0. The van der Waals surface area contributed by atoms with Crippen LogP contribution in [0, 0.1) is 25.6 Å². The first kappa shape index (κ1) is 23.5. The minimum absolute atomic E-state index is 0.103. The first-order valence-electron chi connectivity index (χ1n) is 10.9. The molecule has 0 aliphatic carbocycles. The molecule has 3 rings (SSSR count). The number of nitrogens with zero attached hydrogens (tertiary/aromatic N) is 1. The summed E-state index contributed by atoms with van der Waals surface area (Å²) in [7, 11) is 0. The smallest absolute Gasteiger partial charge is 0.340 e. The molecular weight excluding hydrogens is 413 g/mol. The van der Waals surface area contributed by atoms with Gasteiger partial charge in [0.2, 0.25) is 5.91 Å². The lowest BCUT2D eigenvalue weighted by Gasteiger charge is -2.32. The number of H-pyrrole nitrogens is 1. The van der Waals surface area contributed by atoms with Gasteiger partial charge in [0.1, 0.15) is 11.5 Å². The topological polar surface area (TPSA) is 91.5 Å². The molecule has 1 aromatic carbocycles. The molecular formula is C24H30FN3O4. The van der Waals surface area contributed by atoms with Crippen molar-refractivity contribution in [3.63, 3.8) is 0 Å². The van der Waals surface area contributed by atoms with Gasteiger partial charge in [0.15, 0.2) is 0 Å². The van der Waals surface area contributed by atoms with Gasteiger partial charge in [-0.15, -0.1) is 0 Å². The first-order chi connectivity index (χ1) is 15.2. The van der Waals surface area contributed by atoms with Crippen molar-refractivity contribution in [2.45, 2.75) is 53.2 Å². The van der Waals surface area contributed by atoms with Crippen LogP contribution >= 0.6 is 0 Å². The first-order valence-corrected chi connectivity index (χ1v) is 10.9. The largest absolute Gasteiger partial charge is 0.459 e. The zero-order chi connectivity index (χ0) is 23.4. The van der Waals surface area contributed by atoms with E-state index in [1.807, 2.05) is 0 Å². The van der Waals surface area contributed by atoms with Gasteiger partial charge in [0, 0.05) is 30.9 Å². The molecule has 1 aromatic heterocycles. The molecule has 2 amide bonds. The second kappa shape index (κ2) is 9.97. The minimum Gasteiger partial charge on any atom is -0.459 e. The van der Waals surface area contributed by atoms with Gasteiger partial charge in [0.25, 0.3) is 5.91 Å². The number of aromatic nitrogens is 1. The molecule has 1 aliphatic rings. The van der Waals surface area contributed by atoms with Gasteiger partial charge in [-0.1, -0.05) is 18.2 Å². The summed E-state index contributed by atoms with van der Waals surface area (Å²) in [5.74, 6) is -1.65. The summed E-state index contributed by atoms with van der Waals surface area (Å²) in [6.45, 7) is 7.89. The van der Waals surface area contributed by atoms with Crippen molar-refractivity contribution in [1.82, 2.24) is 15.2 Å². The van der Waals surface area contributed by atoms with E-state index in [-0.39, 0.29) is 42.7 Å². The molecule has 1 atom stereocenters. The Labute approximate surface area is 187 Å². The molecule has 8 heteroatoms. The average molecular weight is 444 g/mol. The highest BCUT2D eigenvalue weighted by Gasteiger charge is 2.32. The third-order valence-corrected chi connectivity index (χ3v) is 5.69. The molecule has 1 fully saturated rings. The van der Waals surface area contributed by atoms with Crippen LogP contribution in [0.2, 0.25) is 0 Å². The molecule has 2 N–H and O–H groups in total. The van der Waals surface area contributed by atoms with E-state index in [0.717, 1.165) is 0 Å². The maximum Gasteiger partial charge on any atom is 0.340 e. The van der Waals surface area contributed by atoms with Gasteiger partial charge in [-0.3, -0.25) is 9.59 Å². The standard InChI is InChI=1S/C24H30FN3O4/c1-14(2)32-24(31)20-15(3)21(27-16(20)4)23(30)28-11-7-9-18(13-28)22(29)26-12-17-8-5-6-10-19(17)25/h5-6,8,10,14,18,27H,7,9,11-13H2,1-4H3,(H,26,29)/t18-/m0/s1. The highest BCUT2D eigenvalue weighted by molar-refractivity contribution is 6.00. The lowest BCUT2D eigenvalue weighted by atomic mass is 9.96. The SMILES string of the molecule is Cc1[nH]c(C(=O)N2CCC[C@H](C(=O)NCc3ccccc3F)C2)c(C)c1C(=O)OC(C)C. The van der Waals surface area contributed by atoms with Crippen molar-refractivity contribution in [3.05, 3.63) is 58.2 Å². The van der Waals surface area contributed by atoms with Crippen molar-refractivity contribution in [2.24, 2.45) is 5.92 Å². The van der Waals surface area contributed by atoms with Gasteiger partial charge in [-0.2, -0.15) is 0 Å². The minimum atomic E-state index is -0.464. The number of amides is 2. The molecule has 1 saturated heterocycles. The number of benzene rings is 1. The van der Waals surface area contributed by atoms with Gasteiger partial charge in [-0.05, 0) is 52.2 Å². The number of likely N-dealkylation sites (tertiary alicyclic amines) is 1. The zero-order valence-electron chi connectivity index (χ0n) is 19.0. The molecule has 0 spiro atoms. The van der Waals surface area contributed by atoms with Crippen molar-refractivity contribution in [1.29, 1.82) is 0 Å². The van der Waals surface area contributed by atoms with Crippen LogP contribution in [-0.4, -0.2) is 46.9 Å². The molecule has 32 heavy (non-hydrogen) atoms. The number of carbonyl (C=O) groups excluding carboxylic acids is 3. The fourth-order valence-electron chi connectivity index (χ4n) is 4.05. The molecule has 7 nitrogen and oxygen atoms in total. The number of nitrogens with one attached hydrogen (secondary N) is 2. The lowest BCUT2D eigenvalue weighted by Crippen LogP contribution is -2.45. The number of hydrogen-bond donors (Lipinski definition) is 2. The molecule has 0 bridgehead atoms. The summed E-state index contributed by atoms with van der Waals surface area (Å²) in [6.07, 6.45) is 1.08. The fourth-order valence-corrected chi connectivity index (χ4v) is 4.05. The van der Waals surface area contributed by atoms with E-state index in [0.29, 0.717) is 47.5 Å². The highest BCUT2D eigenvalue weighted by Crippen LogP contribution is 2.24.